The van der Waals surface area contributed by atoms with Gasteiger partial charge in [-0.05, 0) is 61.7 Å². The second kappa shape index (κ2) is 12.1. The molecule has 1 fully saturated rings. The van der Waals surface area contributed by atoms with Crippen LogP contribution in [0.5, 0.6) is 5.75 Å². The molecule has 1 aliphatic rings. The van der Waals surface area contributed by atoms with Crippen LogP contribution in [-0.4, -0.2) is 86.0 Å². The number of phenolic OH excluding ortho intramolecular Hbond substituents is 1. The van der Waals surface area contributed by atoms with E-state index < -0.39 is 11.5 Å². The lowest BCUT2D eigenvalue weighted by atomic mass is 10.0. The van der Waals surface area contributed by atoms with Gasteiger partial charge in [-0.25, -0.2) is 18.7 Å². The van der Waals surface area contributed by atoms with Crippen LogP contribution in [0.4, 0.5) is 10.2 Å². The van der Waals surface area contributed by atoms with E-state index in [4.69, 9.17) is 4.98 Å². The highest BCUT2D eigenvalue weighted by Crippen LogP contribution is 2.36. The number of benzene rings is 1. The number of amides is 2. The van der Waals surface area contributed by atoms with Gasteiger partial charge in [0.05, 0.1) is 16.8 Å². The van der Waals surface area contributed by atoms with Crippen molar-refractivity contribution in [2.45, 2.75) is 39.7 Å². The molecule has 1 N–H and O–H groups in total. The predicted octanol–water partition coefficient (Wildman–Crippen LogP) is 4.04. The van der Waals surface area contributed by atoms with Gasteiger partial charge in [0, 0.05) is 57.1 Å². The fourth-order valence-electron chi connectivity index (χ4n) is 5.72. The Morgan fingerprint density at radius 2 is 1.89 bits per heavy atom. The number of aromatic hydroxyl groups is 1. The van der Waals surface area contributed by atoms with Gasteiger partial charge in [-0.15, -0.1) is 0 Å². The molecule has 234 valence electrons. The van der Waals surface area contributed by atoms with Gasteiger partial charge in [0.2, 0.25) is 5.91 Å². The number of anilines is 1. The Hall–Kier alpha value is -5.13. The first-order valence-corrected chi connectivity index (χ1v) is 14.7. The van der Waals surface area contributed by atoms with Crippen LogP contribution in [-0.2, 0) is 4.79 Å². The van der Waals surface area contributed by atoms with E-state index >= 15 is 4.39 Å². The molecule has 5 rings (SSSR count). The van der Waals surface area contributed by atoms with Crippen LogP contribution < -0.4 is 10.6 Å². The van der Waals surface area contributed by atoms with Crippen molar-refractivity contribution in [2.75, 3.05) is 38.6 Å². The Labute approximate surface area is 260 Å². The molecule has 3 aromatic heterocycles. The quantitative estimate of drug-likeness (QED) is 0.323. The normalized spacial score (nSPS) is 15.1. The van der Waals surface area contributed by atoms with Gasteiger partial charge >= 0.3 is 5.69 Å². The third-order valence-electron chi connectivity index (χ3n) is 8.02. The molecule has 2 amide bonds. The minimum absolute atomic E-state index is 0.00336. The Morgan fingerprint density at radius 1 is 1.16 bits per heavy atom. The van der Waals surface area contributed by atoms with E-state index in [0.717, 1.165) is 5.56 Å². The molecule has 0 radical (unpaired) electrons. The number of carbonyl (C=O) groups is 2. The van der Waals surface area contributed by atoms with E-state index in [-0.39, 0.29) is 63.2 Å². The third-order valence-corrected chi connectivity index (χ3v) is 8.02. The Kier molecular flexibility index (Phi) is 8.42. The highest BCUT2D eigenvalue weighted by atomic mass is 19.1. The molecule has 0 bridgehead atoms. The van der Waals surface area contributed by atoms with E-state index in [9.17, 15) is 19.5 Å². The minimum atomic E-state index is -0.777. The second-order valence-electron chi connectivity index (χ2n) is 11.7. The number of phenols is 1. The molecule has 0 aliphatic carbocycles. The van der Waals surface area contributed by atoms with Crippen molar-refractivity contribution in [1.29, 1.82) is 0 Å². The van der Waals surface area contributed by atoms with Crippen molar-refractivity contribution in [3.8, 4) is 22.7 Å². The maximum Gasteiger partial charge on any atom is 0.355 e. The molecular weight excluding hydrogens is 577 g/mol. The fourth-order valence-corrected chi connectivity index (χ4v) is 5.72. The monoisotopic (exact) mass is 613 g/mol. The van der Waals surface area contributed by atoms with Crippen LogP contribution >= 0.6 is 0 Å². The average molecular weight is 614 g/mol. The van der Waals surface area contributed by atoms with Gasteiger partial charge in [-0.3, -0.25) is 14.6 Å². The summed E-state index contributed by atoms with van der Waals surface area (Å²) in [6.45, 7) is 12.3. The smallest absolute Gasteiger partial charge is 0.355 e. The molecule has 12 heteroatoms. The fraction of sp³-hybridized carbons (Fsp3) is 0.333. The first-order chi connectivity index (χ1) is 21.3. The van der Waals surface area contributed by atoms with E-state index in [1.807, 2.05) is 32.6 Å². The lowest BCUT2D eigenvalue weighted by Gasteiger charge is -2.40. The first-order valence-electron chi connectivity index (χ1n) is 14.7. The number of rotatable bonds is 6. The molecule has 0 spiro atoms. The first kappa shape index (κ1) is 31.3. The van der Waals surface area contributed by atoms with Crippen LogP contribution in [0.15, 0.2) is 54.0 Å². The Morgan fingerprint density at radius 3 is 2.53 bits per heavy atom. The van der Waals surface area contributed by atoms with Crippen LogP contribution in [0.2, 0.25) is 0 Å². The number of hydrogen-bond donors (Lipinski definition) is 1. The van der Waals surface area contributed by atoms with Crippen molar-refractivity contribution in [3.05, 3.63) is 82.3 Å². The van der Waals surface area contributed by atoms with Crippen molar-refractivity contribution in [3.63, 3.8) is 0 Å². The van der Waals surface area contributed by atoms with Gasteiger partial charge in [0.1, 0.15) is 17.3 Å². The molecule has 0 saturated carbocycles. The summed E-state index contributed by atoms with van der Waals surface area (Å²) < 4.78 is 17.5. The van der Waals surface area contributed by atoms with Crippen LogP contribution in [0.3, 0.4) is 0 Å². The summed E-state index contributed by atoms with van der Waals surface area (Å²) >= 11 is 0. The summed E-state index contributed by atoms with van der Waals surface area (Å²) in [7, 11) is 3.18. The van der Waals surface area contributed by atoms with E-state index in [1.54, 1.807) is 31.3 Å². The zero-order valence-electron chi connectivity index (χ0n) is 26.2. The maximum atomic E-state index is 16.2. The summed E-state index contributed by atoms with van der Waals surface area (Å²) in [4.78, 5) is 57.7. The number of nitrogens with zero attached hydrogens (tertiary/aromatic N) is 7. The third kappa shape index (κ3) is 5.63. The number of hydrogen-bond acceptors (Lipinski definition) is 8. The predicted molar refractivity (Wildman–Crippen MR) is 170 cm³/mol. The maximum absolute atomic E-state index is 16.2. The van der Waals surface area contributed by atoms with Crippen LogP contribution in [0.25, 0.3) is 28.0 Å². The van der Waals surface area contributed by atoms with Gasteiger partial charge in [0.15, 0.2) is 11.5 Å². The van der Waals surface area contributed by atoms with Crippen molar-refractivity contribution < 1.29 is 19.1 Å². The van der Waals surface area contributed by atoms with Crippen LogP contribution in [0, 0.1) is 12.7 Å². The SMILES string of the molecule is C=CC(=O)N1CCN(c2nc(=O)n(-c3c(C)ccnc3C(C)C)c3nc(-c4cc(C(=O)N(C)C)ccc4O)c(F)cc23)[C@@H](C)C1. The van der Waals surface area contributed by atoms with Gasteiger partial charge in [0.25, 0.3) is 5.91 Å². The van der Waals surface area contributed by atoms with E-state index in [1.165, 1.54) is 39.8 Å². The zero-order chi connectivity index (χ0) is 32.7. The lowest BCUT2D eigenvalue weighted by Crippen LogP contribution is -2.54. The lowest BCUT2D eigenvalue weighted by molar-refractivity contribution is -0.126. The molecule has 1 aromatic carbocycles. The van der Waals surface area contributed by atoms with Crippen LogP contribution in [0.1, 0.15) is 48.3 Å². The Balaban J connectivity index is 1.82. The summed E-state index contributed by atoms with van der Waals surface area (Å²) in [6.07, 6.45) is 2.93. The number of fused-ring (bicyclic) bond motifs is 1. The molecule has 45 heavy (non-hydrogen) atoms. The standard InChI is InChI=1S/C33H36FN7O4/c1-8-26(43)39-13-14-40(20(5)17-39)30-23-16-24(34)28(22-15-21(9-10-25(22)42)32(44)38(6)7)36-31(23)41(33(45)37-30)29-19(4)11-12-35-27(29)18(2)3/h8-12,15-16,18,20,42H,1,13-14,17H2,2-7H3/t20-/m0/s1. The highest BCUT2D eigenvalue weighted by molar-refractivity contribution is 5.96. The summed E-state index contributed by atoms with van der Waals surface area (Å²) in [5.74, 6) is -1.44. The zero-order valence-corrected chi connectivity index (χ0v) is 26.2. The summed E-state index contributed by atoms with van der Waals surface area (Å²) in [6, 6.07) is 6.91. The topological polar surface area (TPSA) is 125 Å². The van der Waals surface area contributed by atoms with Crippen molar-refractivity contribution in [2.24, 2.45) is 0 Å². The molecule has 1 aliphatic heterocycles. The molecular formula is C33H36FN7O4. The summed E-state index contributed by atoms with van der Waals surface area (Å²) in [5, 5.41) is 11.1. The number of piperazine rings is 1. The number of carbonyl (C=O) groups excluding carboxylic acids is 2. The highest BCUT2D eigenvalue weighted by Gasteiger charge is 2.31. The molecule has 0 unspecified atom stereocenters. The molecule has 4 heterocycles. The number of halogens is 1. The molecule has 1 atom stereocenters. The Bertz CT molecular complexity index is 1900. The van der Waals surface area contributed by atoms with Gasteiger partial charge < -0.3 is 19.8 Å². The van der Waals surface area contributed by atoms with E-state index in [2.05, 4.69) is 16.5 Å². The number of aryl methyl sites for hydroxylation is 1. The number of pyridine rings is 2. The van der Waals surface area contributed by atoms with Crippen molar-refractivity contribution >= 4 is 28.7 Å². The second-order valence-corrected chi connectivity index (χ2v) is 11.7. The number of aromatic nitrogens is 4. The molecule has 1 saturated heterocycles. The largest absolute Gasteiger partial charge is 0.507 e. The van der Waals surface area contributed by atoms with Crippen molar-refractivity contribution in [1.82, 2.24) is 29.3 Å². The van der Waals surface area contributed by atoms with Gasteiger partial charge in [-0.2, -0.15) is 4.98 Å². The van der Waals surface area contributed by atoms with Gasteiger partial charge in [-0.1, -0.05) is 20.4 Å². The average Bonchev–Trinajstić information content (AvgIpc) is 3.00. The molecule has 4 aromatic rings. The summed E-state index contributed by atoms with van der Waals surface area (Å²) in [5.41, 5.74) is 1.32. The van der Waals surface area contributed by atoms with E-state index in [0.29, 0.717) is 31.0 Å². The molecule has 11 nitrogen and oxygen atoms in total. The minimum Gasteiger partial charge on any atom is -0.507 e.